The Morgan fingerprint density at radius 3 is 2.00 bits per heavy atom. The summed E-state index contributed by atoms with van der Waals surface area (Å²) < 4.78 is 0. The number of halogens is 1. The van der Waals surface area contributed by atoms with Crippen molar-refractivity contribution in [3.8, 4) is 0 Å². The Morgan fingerprint density at radius 2 is 2.00 bits per heavy atom. The van der Waals surface area contributed by atoms with E-state index in [1.807, 2.05) is 0 Å². The van der Waals surface area contributed by atoms with Crippen LogP contribution in [-0.4, -0.2) is 5.24 Å². The molecule has 7 heavy (non-hydrogen) atoms. The van der Waals surface area contributed by atoms with Gasteiger partial charge in [-0.15, -0.1) is 0 Å². The molecule has 3 heteroatoms. The van der Waals surface area contributed by atoms with Crippen LogP contribution in [-0.2, 0) is 4.79 Å². The van der Waals surface area contributed by atoms with E-state index >= 15 is 0 Å². The van der Waals surface area contributed by atoms with Crippen LogP contribution in [0.2, 0.25) is 0 Å². The summed E-state index contributed by atoms with van der Waals surface area (Å²) in [5, 5.41) is -0.380. The van der Waals surface area contributed by atoms with Gasteiger partial charge in [0, 0.05) is 0 Å². The summed E-state index contributed by atoms with van der Waals surface area (Å²) in [5.41, 5.74) is 0. The van der Waals surface area contributed by atoms with E-state index < -0.39 is 0 Å². The first-order chi connectivity index (χ1) is 2.64. The van der Waals surface area contributed by atoms with E-state index in [1.165, 1.54) is 0 Å². The molecule has 0 saturated heterocycles. The van der Waals surface area contributed by atoms with Crippen molar-refractivity contribution in [2.24, 2.45) is 5.92 Å². The monoisotopic (exact) mass is 374 g/mol. The molecule has 0 radical (unpaired) electrons. The number of hydrogen-bond acceptors (Lipinski definition) is 1. The fourth-order valence-corrected chi connectivity index (χ4v) is 0. The van der Waals surface area contributed by atoms with Crippen molar-refractivity contribution in [1.82, 2.24) is 0 Å². The van der Waals surface area contributed by atoms with E-state index in [9.17, 15) is 4.79 Å². The first kappa shape index (κ1) is 9.35. The van der Waals surface area contributed by atoms with E-state index in [1.54, 1.807) is 6.92 Å². The van der Waals surface area contributed by atoms with E-state index in [0.717, 1.165) is 0 Å². The number of carbonyl (C=O) groups is 1. The third-order valence-corrected chi connectivity index (χ3v) is 0.760. The van der Waals surface area contributed by atoms with Crippen molar-refractivity contribution >= 4 is 16.8 Å². The molecule has 0 amide bonds. The van der Waals surface area contributed by atoms with E-state index in [-0.39, 0.29) is 11.2 Å². The Hall–Kier alpha value is -1.04. The molecule has 0 aliphatic heterocycles. The molecule has 0 rings (SSSR count). The van der Waals surface area contributed by atoms with Gasteiger partial charge < -0.3 is 6.92 Å². The molecule has 0 aromatic carbocycles. The van der Waals surface area contributed by atoms with Crippen LogP contribution < -0.4 is 0 Å². The van der Waals surface area contributed by atoms with Crippen LogP contribution in [0.5, 0.6) is 0 Å². The predicted molar refractivity (Wildman–Crippen MR) is 25.4 cm³/mol. The minimum atomic E-state index is -0.380. The number of rotatable bonds is 1. The average molecular weight is 375 g/mol. The zero-order valence-electron chi connectivity index (χ0n) is 4.28. The minimum absolute atomic E-state index is 0. The van der Waals surface area contributed by atoms with Crippen LogP contribution in [0.3, 0.4) is 0 Å². The molecule has 0 aliphatic carbocycles. The summed E-state index contributed by atoms with van der Waals surface area (Å²) in [6.45, 7) is 5.00. The van der Waals surface area contributed by atoms with Crippen molar-refractivity contribution in [1.29, 1.82) is 0 Å². The molecule has 0 aromatic rings. The van der Waals surface area contributed by atoms with Gasteiger partial charge in [0.15, 0.2) is 5.24 Å². The Labute approximate surface area is 42.3 Å². The summed E-state index contributed by atoms with van der Waals surface area (Å²) in [6, 6.07) is 0. The van der Waals surface area contributed by atoms with Crippen molar-refractivity contribution in [3.63, 3.8) is 0 Å². The second kappa shape index (κ2) is 3.16. The topological polar surface area (TPSA) is 17.1 Å². The molecule has 0 N–H and O–H groups in total. The molecular weight excluding hydrogens is 368 g/mol. The van der Waals surface area contributed by atoms with Crippen molar-refractivity contribution in [3.05, 3.63) is 6.92 Å². The van der Waals surface area contributed by atoms with Gasteiger partial charge in [0.25, 0.3) is 0 Å². The third-order valence-electron chi connectivity index (χ3n) is 0.387. The molecular formula is C4H6ClHsO-. The molecule has 0 bridgehead atoms. The van der Waals surface area contributed by atoms with Crippen LogP contribution in [0.1, 0.15) is 6.92 Å². The summed E-state index contributed by atoms with van der Waals surface area (Å²) >= 11 is 4.91. The summed E-state index contributed by atoms with van der Waals surface area (Å²) in [7, 11) is 0. The Balaban J connectivity index is 0. The largest absolute Gasteiger partial charge is 0.332 e. The van der Waals surface area contributed by atoms with Gasteiger partial charge in [-0.3, -0.25) is 4.79 Å². The Bertz CT molecular complexity index is 62.7. The van der Waals surface area contributed by atoms with Gasteiger partial charge in [0.1, 0.15) is 0 Å². The van der Waals surface area contributed by atoms with Gasteiger partial charge in [-0.1, -0.05) is 12.8 Å². The van der Waals surface area contributed by atoms with Crippen molar-refractivity contribution in [2.75, 3.05) is 0 Å². The van der Waals surface area contributed by atoms with Crippen LogP contribution in [0.25, 0.3) is 0 Å². The van der Waals surface area contributed by atoms with Gasteiger partial charge in [0.05, 0.1) is 0 Å². The van der Waals surface area contributed by atoms with Crippen LogP contribution in [0.15, 0.2) is 0 Å². The van der Waals surface area contributed by atoms with Crippen molar-refractivity contribution in [2.45, 2.75) is 6.92 Å². The maximum Gasteiger partial charge on any atom is 0.194 e. The van der Waals surface area contributed by atoms with Gasteiger partial charge in [-0.2, -0.15) is 0 Å². The van der Waals surface area contributed by atoms with Crippen LogP contribution >= 0.6 is 11.6 Å². The molecule has 1 nitrogen and oxygen atoms in total. The zero-order chi connectivity index (χ0) is 5.15. The van der Waals surface area contributed by atoms with Crippen LogP contribution in [0.4, 0.5) is 0 Å². The van der Waals surface area contributed by atoms with E-state index in [2.05, 4.69) is 6.92 Å². The van der Waals surface area contributed by atoms with E-state index in [0.29, 0.717) is 0 Å². The normalized spacial score (nSPS) is 11.9. The van der Waals surface area contributed by atoms with Crippen LogP contribution in [0, 0.1) is 12.8 Å². The molecule has 0 aliphatic rings. The standard InChI is InChI=1S/C4H6ClO.Hs/c1-3(2)4(5)6;/h3H,1H2,2H3;/q-1;/t3-;/m0./s1. The summed E-state index contributed by atoms with van der Waals surface area (Å²) in [6.07, 6.45) is 0. The SMILES string of the molecule is [CH2-][C@@H](C)C(=O)Cl.[Hs]. The molecule has 0 spiro atoms. The molecule has 0 saturated carbocycles. The molecule has 0 aromatic heterocycles. The minimum Gasteiger partial charge on any atom is -0.332 e. The van der Waals surface area contributed by atoms with E-state index in [4.69, 9.17) is 11.6 Å². The fraction of sp³-hybridized carbons (Fsp3) is 0.500. The number of carbonyl (C=O) groups excluding carboxylic acids is 1. The molecule has 1 atom stereocenters. The second-order valence-electron chi connectivity index (χ2n) is 1.21. The first-order valence-corrected chi connectivity index (χ1v) is 2.05. The number of hydrogen-bond donors (Lipinski definition) is 0. The maximum atomic E-state index is 9.85. The average Bonchev–Trinajstić information content (AvgIpc) is 1.36. The summed E-state index contributed by atoms with van der Waals surface area (Å²) in [5.74, 6) is -0.272. The first-order valence-electron chi connectivity index (χ1n) is 1.67. The maximum absolute atomic E-state index is 9.85. The van der Waals surface area contributed by atoms with Gasteiger partial charge in [0.2, 0.25) is 0 Å². The van der Waals surface area contributed by atoms with Crippen molar-refractivity contribution < 1.29 is 4.79 Å². The zero-order valence-corrected chi connectivity index (χ0v) is 11.6. The smallest absolute Gasteiger partial charge is 0.194 e. The van der Waals surface area contributed by atoms with Gasteiger partial charge in [-0.05, 0) is 11.6 Å². The molecule has 0 fully saturated rings. The quantitative estimate of drug-likeness (QED) is 0.498. The second-order valence-corrected chi connectivity index (χ2v) is 1.58. The van der Waals surface area contributed by atoms with Gasteiger partial charge in [-0.25, -0.2) is 0 Å². The predicted octanol–water partition coefficient (Wildman–Crippen LogP) is 1.22. The third kappa shape index (κ3) is 4.96. The Kier molecular flexibility index (Phi) is 4.22. The Morgan fingerprint density at radius 1 is 1.86 bits per heavy atom. The molecule has 38 valence electrons. The van der Waals surface area contributed by atoms with Gasteiger partial charge >= 0.3 is 0 Å². The fourth-order valence-electron chi connectivity index (χ4n) is 0. The molecule has 0 unspecified atom stereocenters. The molecule has 0 heterocycles. The summed E-state index contributed by atoms with van der Waals surface area (Å²) in [4.78, 5) is 9.85.